The van der Waals surface area contributed by atoms with E-state index in [9.17, 15) is 22.8 Å². The minimum atomic E-state index is -4.63. The third kappa shape index (κ3) is 7.38. The van der Waals surface area contributed by atoms with Crippen LogP contribution < -0.4 is 14.8 Å². The number of hydrogen-bond donors (Lipinski definition) is 1. The third-order valence-electron chi connectivity index (χ3n) is 6.90. The SMILES string of the molecule is C[C@H]([C@@H](C(=O)Nc1cc([C@@H](CC(=O)OC(C)(C)C)C2CC2)ccc1Cl)c1ccc2c(c1)OCCO2)C(F)(F)F. The second-order valence-electron chi connectivity index (χ2n) is 11.2. The fourth-order valence-electron chi connectivity index (χ4n) is 4.81. The average molecular weight is 568 g/mol. The Morgan fingerprint density at radius 2 is 1.67 bits per heavy atom. The van der Waals surface area contributed by atoms with Gasteiger partial charge in [-0.1, -0.05) is 30.7 Å². The molecule has 1 amide bonds. The topological polar surface area (TPSA) is 73.9 Å². The van der Waals surface area contributed by atoms with Crippen LogP contribution in [0.3, 0.4) is 0 Å². The molecular weight excluding hydrogens is 535 g/mol. The highest BCUT2D eigenvalue weighted by Gasteiger charge is 2.45. The molecule has 0 saturated heterocycles. The zero-order valence-electron chi connectivity index (χ0n) is 22.4. The van der Waals surface area contributed by atoms with Gasteiger partial charge < -0.3 is 19.5 Å². The summed E-state index contributed by atoms with van der Waals surface area (Å²) >= 11 is 6.38. The molecule has 0 unspecified atom stereocenters. The molecule has 212 valence electrons. The maximum absolute atomic E-state index is 13.9. The van der Waals surface area contributed by atoms with Crippen molar-refractivity contribution in [1.82, 2.24) is 0 Å². The molecule has 0 radical (unpaired) electrons. The zero-order valence-corrected chi connectivity index (χ0v) is 23.1. The van der Waals surface area contributed by atoms with Gasteiger partial charge in [-0.05, 0) is 80.8 Å². The first-order chi connectivity index (χ1) is 18.2. The number of benzene rings is 2. The van der Waals surface area contributed by atoms with Crippen molar-refractivity contribution in [3.8, 4) is 11.5 Å². The van der Waals surface area contributed by atoms with E-state index in [1.807, 2.05) is 0 Å². The Labute approximate surface area is 231 Å². The maximum atomic E-state index is 13.9. The van der Waals surface area contributed by atoms with Crippen LogP contribution >= 0.6 is 11.6 Å². The Bertz CT molecular complexity index is 1220. The van der Waals surface area contributed by atoms with Crippen molar-refractivity contribution in [1.29, 1.82) is 0 Å². The van der Waals surface area contributed by atoms with Crippen molar-refractivity contribution in [2.75, 3.05) is 18.5 Å². The van der Waals surface area contributed by atoms with Crippen molar-refractivity contribution in [3.05, 3.63) is 52.5 Å². The van der Waals surface area contributed by atoms with E-state index in [1.165, 1.54) is 18.2 Å². The highest BCUT2D eigenvalue weighted by Crippen LogP contribution is 2.46. The summed E-state index contributed by atoms with van der Waals surface area (Å²) in [5, 5.41) is 2.81. The number of hydrogen-bond acceptors (Lipinski definition) is 5. The number of alkyl halides is 3. The van der Waals surface area contributed by atoms with Gasteiger partial charge >= 0.3 is 12.1 Å². The smallest absolute Gasteiger partial charge is 0.392 e. The van der Waals surface area contributed by atoms with Crippen LogP contribution in [0.2, 0.25) is 5.02 Å². The van der Waals surface area contributed by atoms with E-state index in [1.54, 1.807) is 39.0 Å². The van der Waals surface area contributed by atoms with E-state index < -0.39 is 29.5 Å². The summed E-state index contributed by atoms with van der Waals surface area (Å²) in [4.78, 5) is 26.0. The molecule has 6 nitrogen and oxygen atoms in total. The van der Waals surface area contributed by atoms with Gasteiger partial charge in [0.05, 0.1) is 29.0 Å². The van der Waals surface area contributed by atoms with Gasteiger partial charge in [-0.25, -0.2) is 0 Å². The monoisotopic (exact) mass is 567 g/mol. The second kappa shape index (κ2) is 11.3. The largest absolute Gasteiger partial charge is 0.486 e. The number of amides is 1. The number of ether oxygens (including phenoxy) is 3. The summed E-state index contributed by atoms with van der Waals surface area (Å²) in [7, 11) is 0. The predicted octanol–water partition coefficient (Wildman–Crippen LogP) is 7.26. The molecule has 1 saturated carbocycles. The van der Waals surface area contributed by atoms with Crippen LogP contribution in [-0.4, -0.2) is 36.9 Å². The Hall–Kier alpha value is -2.94. The van der Waals surface area contributed by atoms with E-state index in [4.69, 9.17) is 25.8 Å². The van der Waals surface area contributed by atoms with Crippen molar-refractivity contribution < 1.29 is 37.0 Å². The summed E-state index contributed by atoms with van der Waals surface area (Å²) in [6.45, 7) is 6.96. The van der Waals surface area contributed by atoms with E-state index in [-0.39, 0.29) is 47.1 Å². The van der Waals surface area contributed by atoms with Crippen LogP contribution in [0.15, 0.2) is 36.4 Å². The normalized spacial score (nSPS) is 17.6. The van der Waals surface area contributed by atoms with E-state index >= 15 is 0 Å². The van der Waals surface area contributed by atoms with Gasteiger partial charge in [-0.2, -0.15) is 13.2 Å². The third-order valence-corrected chi connectivity index (χ3v) is 7.23. The first-order valence-electron chi connectivity index (χ1n) is 13.0. The number of esters is 1. The maximum Gasteiger partial charge on any atom is 0.392 e. The van der Waals surface area contributed by atoms with Crippen LogP contribution in [0.4, 0.5) is 18.9 Å². The molecule has 2 aromatic rings. The molecule has 0 spiro atoms. The van der Waals surface area contributed by atoms with E-state index in [0.717, 1.165) is 25.3 Å². The van der Waals surface area contributed by atoms with Crippen molar-refractivity contribution >= 4 is 29.2 Å². The summed E-state index contributed by atoms with van der Waals surface area (Å²) in [6.07, 6.45) is -2.58. The Morgan fingerprint density at radius 1 is 1.03 bits per heavy atom. The summed E-state index contributed by atoms with van der Waals surface area (Å²) in [5.74, 6) is -3.93. The Morgan fingerprint density at radius 3 is 2.28 bits per heavy atom. The van der Waals surface area contributed by atoms with E-state index in [2.05, 4.69) is 5.32 Å². The lowest BCUT2D eigenvalue weighted by Gasteiger charge is -2.27. The number of anilines is 1. The molecule has 39 heavy (non-hydrogen) atoms. The van der Waals surface area contributed by atoms with Crippen molar-refractivity contribution in [3.63, 3.8) is 0 Å². The zero-order chi connectivity index (χ0) is 28.5. The van der Waals surface area contributed by atoms with Gasteiger partial charge in [0, 0.05) is 0 Å². The molecule has 3 atom stereocenters. The van der Waals surface area contributed by atoms with Gasteiger partial charge in [0.2, 0.25) is 5.91 Å². The summed E-state index contributed by atoms with van der Waals surface area (Å²) in [6, 6.07) is 9.39. The number of rotatable bonds is 8. The fraction of sp³-hybridized carbons (Fsp3) is 0.517. The van der Waals surface area contributed by atoms with Crippen LogP contribution in [0.25, 0.3) is 0 Å². The lowest BCUT2D eigenvalue weighted by molar-refractivity contribution is -0.178. The van der Waals surface area contributed by atoms with Crippen LogP contribution in [-0.2, 0) is 14.3 Å². The van der Waals surface area contributed by atoms with Crippen LogP contribution in [0, 0.1) is 11.8 Å². The Kier molecular flexibility index (Phi) is 8.40. The second-order valence-corrected chi connectivity index (χ2v) is 11.6. The molecular formula is C29H33ClF3NO5. The fourth-order valence-corrected chi connectivity index (χ4v) is 4.97. The lowest BCUT2D eigenvalue weighted by Crippen LogP contribution is -2.34. The predicted molar refractivity (Wildman–Crippen MR) is 141 cm³/mol. The number of carbonyl (C=O) groups is 2. The average Bonchev–Trinajstić information content (AvgIpc) is 3.68. The molecule has 1 aliphatic carbocycles. The summed E-state index contributed by atoms with van der Waals surface area (Å²) < 4.78 is 58.2. The number of nitrogens with one attached hydrogen (secondary N) is 1. The number of fused-ring (bicyclic) bond motifs is 1. The molecule has 2 aliphatic rings. The molecule has 10 heteroatoms. The highest BCUT2D eigenvalue weighted by molar-refractivity contribution is 6.33. The highest BCUT2D eigenvalue weighted by atomic mass is 35.5. The van der Waals surface area contributed by atoms with Crippen molar-refractivity contribution in [2.24, 2.45) is 11.8 Å². The van der Waals surface area contributed by atoms with Crippen LogP contribution in [0.5, 0.6) is 11.5 Å². The van der Waals surface area contributed by atoms with Gasteiger partial charge in [0.15, 0.2) is 11.5 Å². The molecule has 0 aromatic heterocycles. The number of carbonyl (C=O) groups excluding carboxylic acids is 2. The molecule has 1 heterocycles. The first-order valence-corrected chi connectivity index (χ1v) is 13.4. The minimum Gasteiger partial charge on any atom is -0.486 e. The molecule has 4 rings (SSSR count). The van der Waals surface area contributed by atoms with E-state index in [0.29, 0.717) is 18.1 Å². The standard InChI is InChI=1S/C29H33ClF3NO5/c1-16(29(31,32)33)26(19-8-10-23-24(14-19)38-12-11-37-23)27(36)34-22-13-18(7-9-21(22)30)20(17-5-6-17)15-25(35)39-28(2,3)4/h7-10,13-14,16-17,20,26H,5-6,11-12,15H2,1-4H3,(H,34,36)/t16-,20+,26-/m1/s1. The van der Waals surface area contributed by atoms with Crippen molar-refractivity contribution in [2.45, 2.75) is 70.6 Å². The first kappa shape index (κ1) is 29.1. The molecule has 2 aromatic carbocycles. The minimum absolute atomic E-state index is 0.148. The quantitative estimate of drug-likeness (QED) is 0.340. The Balaban J connectivity index is 1.61. The lowest BCUT2D eigenvalue weighted by atomic mass is 9.85. The molecule has 0 bridgehead atoms. The van der Waals surface area contributed by atoms with Gasteiger partial charge in [-0.15, -0.1) is 0 Å². The van der Waals surface area contributed by atoms with Gasteiger partial charge in [-0.3, -0.25) is 9.59 Å². The molecule has 1 fully saturated rings. The molecule has 1 N–H and O–H groups in total. The summed E-state index contributed by atoms with van der Waals surface area (Å²) in [5.41, 5.74) is 0.478. The van der Waals surface area contributed by atoms with Crippen LogP contribution in [0.1, 0.15) is 69.9 Å². The molecule has 1 aliphatic heterocycles. The number of halogens is 4. The van der Waals surface area contributed by atoms with Gasteiger partial charge in [0.1, 0.15) is 18.8 Å². The van der Waals surface area contributed by atoms with Gasteiger partial charge in [0.25, 0.3) is 0 Å².